The lowest BCUT2D eigenvalue weighted by Gasteiger charge is -2.31. The van der Waals surface area contributed by atoms with Crippen LogP contribution in [0.4, 0.5) is 24.1 Å². The van der Waals surface area contributed by atoms with Crippen LogP contribution >= 0.6 is 11.3 Å². The number of rotatable bonds is 5. The van der Waals surface area contributed by atoms with Crippen molar-refractivity contribution in [2.24, 2.45) is 5.92 Å². The summed E-state index contributed by atoms with van der Waals surface area (Å²) in [6.45, 7) is 1.80. The molecule has 4 heterocycles. The van der Waals surface area contributed by atoms with Crippen LogP contribution in [0.5, 0.6) is 0 Å². The highest BCUT2D eigenvalue weighted by Crippen LogP contribution is 2.36. The number of pyridine rings is 1. The Morgan fingerprint density at radius 1 is 1.26 bits per heavy atom. The highest BCUT2D eigenvalue weighted by molar-refractivity contribution is 7.88. The van der Waals surface area contributed by atoms with E-state index in [0.29, 0.717) is 35.4 Å². The molecule has 0 bridgehead atoms. The average molecular weight is 476 g/mol. The van der Waals surface area contributed by atoms with E-state index in [9.17, 15) is 21.6 Å². The number of halogens is 3. The predicted molar refractivity (Wildman–Crippen MR) is 111 cm³/mol. The second kappa shape index (κ2) is 7.91. The molecule has 14 heteroatoms. The molecule has 9 nitrogen and oxygen atoms in total. The number of nitrogens with two attached hydrogens (primary N) is 1. The summed E-state index contributed by atoms with van der Waals surface area (Å²) in [6.07, 6.45) is 0.855. The molecule has 0 saturated carbocycles. The Kier molecular flexibility index (Phi) is 5.55. The Morgan fingerprint density at radius 3 is 2.61 bits per heavy atom. The van der Waals surface area contributed by atoms with Crippen LogP contribution in [0.3, 0.4) is 0 Å². The minimum absolute atomic E-state index is 0.219. The van der Waals surface area contributed by atoms with Crippen LogP contribution in [0.2, 0.25) is 0 Å². The van der Waals surface area contributed by atoms with Gasteiger partial charge < -0.3 is 10.6 Å². The smallest absolute Gasteiger partial charge is 0.383 e. The molecule has 1 fully saturated rings. The third-order valence-electron chi connectivity index (χ3n) is 5.11. The van der Waals surface area contributed by atoms with Crippen molar-refractivity contribution in [1.82, 2.24) is 24.3 Å². The van der Waals surface area contributed by atoms with E-state index in [1.165, 1.54) is 28.2 Å². The fourth-order valence-corrected chi connectivity index (χ4v) is 4.91. The van der Waals surface area contributed by atoms with Gasteiger partial charge in [-0.2, -0.15) is 13.2 Å². The molecular formula is C17H20F3N7O2S2. The first-order chi connectivity index (χ1) is 14.5. The number of piperidine rings is 1. The standard InChI is InChI=1S/C17H20F3N7O2S2/c1-31(28,29)24-7-10-2-4-26(5-3-10)16-25-27-13(9-23-15(27)30-16)11-6-12(17(18,19)20)14(21)22-8-11/h6,8-10,24H,2-5,7H2,1H3,(H2,21,22). The maximum atomic E-state index is 13.2. The minimum atomic E-state index is -4.61. The van der Waals surface area contributed by atoms with Crippen molar-refractivity contribution in [1.29, 1.82) is 0 Å². The van der Waals surface area contributed by atoms with E-state index in [4.69, 9.17) is 5.73 Å². The number of hydrogen-bond donors (Lipinski definition) is 2. The number of anilines is 2. The molecule has 3 N–H and O–H groups in total. The van der Waals surface area contributed by atoms with Gasteiger partial charge in [0.25, 0.3) is 0 Å². The van der Waals surface area contributed by atoms with Gasteiger partial charge in [0.15, 0.2) is 0 Å². The SMILES string of the molecule is CS(=O)(=O)NCC1CCN(c2nn3c(-c4cnc(N)c(C(F)(F)F)c4)cnc3s2)CC1. The zero-order valence-electron chi connectivity index (χ0n) is 16.4. The van der Waals surface area contributed by atoms with Gasteiger partial charge in [0.2, 0.25) is 20.1 Å². The summed E-state index contributed by atoms with van der Waals surface area (Å²) in [6, 6.07) is 0.949. The number of imidazole rings is 1. The van der Waals surface area contributed by atoms with E-state index in [2.05, 4.69) is 24.7 Å². The van der Waals surface area contributed by atoms with E-state index in [0.717, 1.165) is 25.2 Å². The van der Waals surface area contributed by atoms with Gasteiger partial charge in [0, 0.05) is 31.4 Å². The molecule has 0 aliphatic carbocycles. The molecule has 4 rings (SSSR count). The van der Waals surface area contributed by atoms with Gasteiger partial charge in [-0.25, -0.2) is 27.6 Å². The molecule has 0 unspecified atom stereocenters. The first-order valence-electron chi connectivity index (χ1n) is 9.38. The van der Waals surface area contributed by atoms with Crippen molar-refractivity contribution >= 4 is 37.3 Å². The number of nitrogens with one attached hydrogen (secondary N) is 1. The number of nitrogen functional groups attached to an aromatic ring is 1. The van der Waals surface area contributed by atoms with Crippen molar-refractivity contribution in [3.63, 3.8) is 0 Å². The summed E-state index contributed by atoms with van der Waals surface area (Å²) in [5, 5.41) is 5.25. The lowest BCUT2D eigenvalue weighted by atomic mass is 9.98. The Morgan fingerprint density at radius 2 is 1.97 bits per heavy atom. The van der Waals surface area contributed by atoms with Crippen LogP contribution in [0.25, 0.3) is 16.2 Å². The number of sulfonamides is 1. The highest BCUT2D eigenvalue weighted by atomic mass is 32.2. The topological polar surface area (TPSA) is 119 Å². The minimum Gasteiger partial charge on any atom is -0.383 e. The summed E-state index contributed by atoms with van der Waals surface area (Å²) >= 11 is 1.34. The zero-order valence-corrected chi connectivity index (χ0v) is 18.1. The van der Waals surface area contributed by atoms with Crippen LogP contribution in [0, 0.1) is 5.92 Å². The predicted octanol–water partition coefficient (Wildman–Crippen LogP) is 2.22. The molecular weight excluding hydrogens is 455 g/mol. The highest BCUT2D eigenvalue weighted by Gasteiger charge is 2.34. The Bertz CT molecular complexity index is 1200. The van der Waals surface area contributed by atoms with E-state index in [1.54, 1.807) is 0 Å². The summed E-state index contributed by atoms with van der Waals surface area (Å²) < 4.78 is 66.1. The van der Waals surface area contributed by atoms with Crippen LogP contribution in [0.15, 0.2) is 18.5 Å². The fourth-order valence-electron chi connectivity index (χ4n) is 3.45. The van der Waals surface area contributed by atoms with Crippen molar-refractivity contribution in [3.8, 4) is 11.3 Å². The largest absolute Gasteiger partial charge is 0.419 e. The summed E-state index contributed by atoms with van der Waals surface area (Å²) in [4.78, 5) is 10.6. The molecule has 0 atom stereocenters. The van der Waals surface area contributed by atoms with Gasteiger partial charge in [-0.3, -0.25) is 0 Å². The third kappa shape index (κ3) is 4.75. The van der Waals surface area contributed by atoms with Crippen molar-refractivity contribution in [3.05, 3.63) is 24.0 Å². The normalized spacial score (nSPS) is 16.3. The molecule has 1 saturated heterocycles. The zero-order chi connectivity index (χ0) is 22.4. The van der Waals surface area contributed by atoms with Crippen LogP contribution in [0.1, 0.15) is 18.4 Å². The van der Waals surface area contributed by atoms with Crippen LogP contribution in [-0.4, -0.2) is 53.9 Å². The number of alkyl halides is 3. The molecule has 0 radical (unpaired) electrons. The van der Waals surface area contributed by atoms with Gasteiger partial charge in [-0.05, 0) is 24.8 Å². The number of aromatic nitrogens is 4. The molecule has 0 spiro atoms. The Balaban J connectivity index is 1.53. The lowest BCUT2D eigenvalue weighted by Crippen LogP contribution is -2.38. The first-order valence-corrected chi connectivity index (χ1v) is 12.1. The lowest BCUT2D eigenvalue weighted by molar-refractivity contribution is -0.137. The Labute approximate surface area is 180 Å². The van der Waals surface area contributed by atoms with E-state index < -0.39 is 27.6 Å². The maximum Gasteiger partial charge on any atom is 0.419 e. The first kappa shape index (κ1) is 21.8. The number of nitrogens with zero attached hydrogens (tertiary/aromatic N) is 5. The molecule has 1 aliphatic heterocycles. The molecule has 31 heavy (non-hydrogen) atoms. The molecule has 168 valence electrons. The molecule has 0 aromatic carbocycles. The van der Waals surface area contributed by atoms with Crippen LogP contribution < -0.4 is 15.4 Å². The van der Waals surface area contributed by atoms with Gasteiger partial charge in [0.1, 0.15) is 5.82 Å². The van der Waals surface area contributed by atoms with E-state index in [1.807, 2.05) is 0 Å². The second-order valence-corrected chi connectivity index (χ2v) is 10.2. The van der Waals surface area contributed by atoms with Crippen molar-refractivity contribution in [2.75, 3.05) is 36.5 Å². The fraction of sp³-hybridized carbons (Fsp3) is 0.471. The van der Waals surface area contributed by atoms with Gasteiger partial charge >= 0.3 is 6.18 Å². The second-order valence-electron chi connectivity index (χ2n) is 7.43. The summed E-state index contributed by atoms with van der Waals surface area (Å²) in [5.74, 6) is -0.337. The average Bonchev–Trinajstić information content (AvgIpc) is 3.27. The monoisotopic (exact) mass is 475 g/mol. The van der Waals surface area contributed by atoms with Crippen LogP contribution in [-0.2, 0) is 16.2 Å². The van der Waals surface area contributed by atoms with E-state index in [-0.39, 0.29) is 11.5 Å². The van der Waals surface area contributed by atoms with E-state index >= 15 is 0 Å². The summed E-state index contributed by atoms with van der Waals surface area (Å²) in [5.41, 5.74) is 5.00. The Hall–Kier alpha value is -2.45. The molecule has 3 aromatic rings. The van der Waals surface area contributed by atoms with Crippen molar-refractivity contribution < 1.29 is 21.6 Å². The van der Waals surface area contributed by atoms with Gasteiger partial charge in [0.05, 0.1) is 23.7 Å². The quantitative estimate of drug-likeness (QED) is 0.581. The molecule has 0 amide bonds. The maximum absolute atomic E-state index is 13.2. The van der Waals surface area contributed by atoms with Crippen molar-refractivity contribution in [2.45, 2.75) is 19.0 Å². The third-order valence-corrected chi connectivity index (χ3v) is 6.79. The van der Waals surface area contributed by atoms with Gasteiger partial charge in [-0.15, -0.1) is 5.10 Å². The summed E-state index contributed by atoms with van der Waals surface area (Å²) in [7, 11) is -3.21. The molecule has 1 aliphatic rings. The number of hydrogen-bond acceptors (Lipinski definition) is 8. The van der Waals surface area contributed by atoms with Gasteiger partial charge in [-0.1, -0.05) is 11.3 Å². The number of fused-ring (bicyclic) bond motifs is 1. The molecule has 3 aromatic heterocycles.